The standard InChI is InChI=1S/C28H32N2O8.C24H28N2O4/c1-27(2,3)18-12-19(28(4,5)15-37-25(33)35-6)22(38-26(34)36-7)13-21(18)30-24(32)17-14-29-20-11-9-8-10-16(20)23(17)31;1-23(2,3)16-10-17(24(4,5)13-27)20(28)11-19(16)26-22(30)15-12-25-18-9-7-6-8-14(18)21(15)29/h8-14H,15H2,1-7H3,(H,29,31)(H,30,32);6-12,27-28H,13H2,1-5H3,(H,25,29)(H,26,30). The van der Waals surface area contributed by atoms with E-state index in [9.17, 15) is 39.0 Å². The molecule has 6 rings (SSSR count). The first kappa shape index (κ1) is 51.5. The molecule has 0 unspecified atom stereocenters. The number of benzene rings is 4. The molecule has 0 bridgehead atoms. The van der Waals surface area contributed by atoms with E-state index in [1.54, 1.807) is 62.4 Å². The van der Waals surface area contributed by atoms with Gasteiger partial charge in [0.2, 0.25) is 10.9 Å². The number of aliphatic hydroxyl groups is 1. The Morgan fingerprint density at radius 1 is 0.588 bits per heavy atom. The van der Waals surface area contributed by atoms with Gasteiger partial charge in [-0.15, -0.1) is 0 Å². The molecule has 2 heterocycles. The molecular formula is C52H60N4O12. The minimum Gasteiger partial charge on any atom is -0.508 e. The lowest BCUT2D eigenvalue weighted by Crippen LogP contribution is -2.29. The number of aromatic hydroxyl groups is 1. The van der Waals surface area contributed by atoms with Crippen LogP contribution in [0.25, 0.3) is 21.8 Å². The molecule has 2 amide bonds. The number of pyridine rings is 2. The van der Waals surface area contributed by atoms with Crippen LogP contribution in [0.1, 0.15) is 112 Å². The van der Waals surface area contributed by atoms with E-state index in [4.69, 9.17) is 9.47 Å². The molecule has 68 heavy (non-hydrogen) atoms. The van der Waals surface area contributed by atoms with Gasteiger partial charge in [-0.05, 0) is 58.4 Å². The topological polar surface area (TPSA) is 235 Å². The molecule has 16 heteroatoms. The SMILES string of the molecule is CC(C)(C)c1cc(C(C)(C)CO)c(O)cc1NC(=O)c1c[nH]c2ccccc2c1=O.COC(=O)OCC(C)(C)c1cc(C(C)(C)C)c(NC(=O)c2c[nH]c3ccccc3c2=O)cc1OC(=O)OC. The van der Waals surface area contributed by atoms with Gasteiger partial charge in [-0.1, -0.05) is 93.5 Å². The van der Waals surface area contributed by atoms with Crippen LogP contribution in [0, 0.1) is 0 Å². The van der Waals surface area contributed by atoms with Gasteiger partial charge in [-0.2, -0.15) is 0 Å². The predicted octanol–water partition coefficient (Wildman–Crippen LogP) is 9.34. The summed E-state index contributed by atoms with van der Waals surface area (Å²) in [6, 6.07) is 20.5. The van der Waals surface area contributed by atoms with Crippen molar-refractivity contribution in [3.8, 4) is 11.5 Å². The number of rotatable bonds is 10. The number of anilines is 2. The molecule has 360 valence electrons. The highest BCUT2D eigenvalue weighted by Crippen LogP contribution is 2.42. The van der Waals surface area contributed by atoms with E-state index in [-0.39, 0.29) is 46.7 Å². The number of aromatic nitrogens is 2. The Kier molecular flexibility index (Phi) is 15.3. The van der Waals surface area contributed by atoms with Crippen LogP contribution in [0.15, 0.2) is 94.8 Å². The first-order valence-corrected chi connectivity index (χ1v) is 21.7. The molecule has 0 radical (unpaired) electrons. The number of amides is 2. The number of hydrogen-bond acceptors (Lipinski definition) is 12. The Balaban J connectivity index is 0.000000261. The van der Waals surface area contributed by atoms with E-state index in [2.05, 4.69) is 30.1 Å². The van der Waals surface area contributed by atoms with Gasteiger partial charge in [0, 0.05) is 79.7 Å². The van der Waals surface area contributed by atoms with E-state index in [1.165, 1.54) is 38.7 Å². The molecule has 0 atom stereocenters. The van der Waals surface area contributed by atoms with E-state index in [0.29, 0.717) is 49.9 Å². The number of phenolic OH excluding ortho intramolecular Hbond substituents is 1. The third kappa shape index (κ3) is 11.6. The summed E-state index contributed by atoms with van der Waals surface area (Å²) < 4.78 is 19.9. The van der Waals surface area contributed by atoms with Crippen LogP contribution in [0.5, 0.6) is 11.5 Å². The lowest BCUT2D eigenvalue weighted by molar-refractivity contribution is 0.0571. The Morgan fingerprint density at radius 2 is 1.03 bits per heavy atom. The normalized spacial score (nSPS) is 11.8. The maximum absolute atomic E-state index is 13.3. The van der Waals surface area contributed by atoms with Crippen molar-refractivity contribution in [1.29, 1.82) is 0 Å². The first-order chi connectivity index (χ1) is 31.7. The number of methoxy groups -OCH3 is 2. The number of phenols is 1. The molecule has 4 aromatic carbocycles. The maximum atomic E-state index is 13.3. The summed E-state index contributed by atoms with van der Waals surface area (Å²) >= 11 is 0. The highest BCUT2D eigenvalue weighted by molar-refractivity contribution is 6.07. The van der Waals surface area contributed by atoms with Gasteiger partial charge in [0.1, 0.15) is 29.2 Å². The van der Waals surface area contributed by atoms with Crippen molar-refractivity contribution in [2.24, 2.45) is 0 Å². The molecular weight excluding hydrogens is 873 g/mol. The predicted molar refractivity (Wildman–Crippen MR) is 262 cm³/mol. The fraction of sp³-hybridized carbons (Fsp3) is 0.346. The highest BCUT2D eigenvalue weighted by Gasteiger charge is 2.33. The molecule has 0 aliphatic carbocycles. The smallest absolute Gasteiger partial charge is 0.508 e. The van der Waals surface area contributed by atoms with Crippen molar-refractivity contribution in [2.75, 3.05) is 38.1 Å². The van der Waals surface area contributed by atoms with Gasteiger partial charge in [-0.3, -0.25) is 19.2 Å². The van der Waals surface area contributed by atoms with Crippen LogP contribution < -0.4 is 26.2 Å². The maximum Gasteiger partial charge on any atom is 0.513 e. The summed E-state index contributed by atoms with van der Waals surface area (Å²) in [5.74, 6) is -1.12. The lowest BCUT2D eigenvalue weighted by Gasteiger charge is -2.31. The molecule has 6 N–H and O–H groups in total. The number of aliphatic hydroxyl groups excluding tert-OH is 1. The second-order valence-corrected chi connectivity index (χ2v) is 19.6. The van der Waals surface area contributed by atoms with Gasteiger partial charge in [0.15, 0.2) is 0 Å². The monoisotopic (exact) mass is 932 g/mol. The van der Waals surface area contributed by atoms with Crippen molar-refractivity contribution in [2.45, 2.75) is 90.9 Å². The molecule has 0 fully saturated rings. The molecule has 6 aromatic rings. The van der Waals surface area contributed by atoms with Crippen LogP contribution in [-0.4, -0.2) is 71.7 Å². The molecule has 0 saturated carbocycles. The fourth-order valence-corrected chi connectivity index (χ4v) is 7.42. The molecule has 0 aliphatic rings. The zero-order valence-corrected chi connectivity index (χ0v) is 40.5. The van der Waals surface area contributed by atoms with Gasteiger partial charge in [0.25, 0.3) is 11.8 Å². The van der Waals surface area contributed by atoms with Crippen LogP contribution in [0.3, 0.4) is 0 Å². The molecule has 0 aliphatic heterocycles. The Hall–Kier alpha value is -7.46. The van der Waals surface area contributed by atoms with Gasteiger partial charge in [0.05, 0.1) is 20.8 Å². The summed E-state index contributed by atoms with van der Waals surface area (Å²) in [5.41, 5.74) is 1.44. The van der Waals surface area contributed by atoms with Gasteiger partial charge >= 0.3 is 12.3 Å². The van der Waals surface area contributed by atoms with Crippen molar-refractivity contribution in [3.63, 3.8) is 0 Å². The third-order valence-corrected chi connectivity index (χ3v) is 11.4. The number of ether oxygens (including phenoxy) is 4. The largest absolute Gasteiger partial charge is 0.513 e. The second-order valence-electron chi connectivity index (χ2n) is 19.6. The summed E-state index contributed by atoms with van der Waals surface area (Å²) in [6.45, 7) is 18.9. The molecule has 0 saturated heterocycles. The lowest BCUT2D eigenvalue weighted by atomic mass is 9.78. The van der Waals surface area contributed by atoms with E-state index < -0.39 is 45.8 Å². The zero-order chi connectivity index (χ0) is 50.5. The fourth-order valence-electron chi connectivity index (χ4n) is 7.42. The molecule has 0 spiro atoms. The minimum absolute atomic E-state index is 0.00665. The second kappa shape index (κ2) is 20.2. The summed E-state index contributed by atoms with van der Waals surface area (Å²) in [4.78, 5) is 81.7. The molecule has 16 nitrogen and oxygen atoms in total. The summed E-state index contributed by atoms with van der Waals surface area (Å²) in [5, 5.41) is 26.7. The Morgan fingerprint density at radius 3 is 1.47 bits per heavy atom. The number of hydrogen-bond donors (Lipinski definition) is 6. The Bertz CT molecular complexity index is 3010. The van der Waals surface area contributed by atoms with Crippen LogP contribution in [0.2, 0.25) is 0 Å². The third-order valence-electron chi connectivity index (χ3n) is 11.4. The highest BCUT2D eigenvalue weighted by atomic mass is 16.7. The Labute approximate surface area is 394 Å². The number of aromatic amines is 2. The first-order valence-electron chi connectivity index (χ1n) is 21.7. The average molecular weight is 933 g/mol. The number of carbonyl (C=O) groups excluding carboxylic acids is 4. The van der Waals surface area contributed by atoms with E-state index >= 15 is 0 Å². The summed E-state index contributed by atoms with van der Waals surface area (Å²) in [6.07, 6.45) is 0.946. The number of carbonyl (C=O) groups is 4. The van der Waals surface area contributed by atoms with Gasteiger partial charge < -0.3 is 49.8 Å². The van der Waals surface area contributed by atoms with Gasteiger partial charge in [-0.25, -0.2) is 9.59 Å². The van der Waals surface area contributed by atoms with Crippen LogP contribution in [0.4, 0.5) is 21.0 Å². The van der Waals surface area contributed by atoms with Crippen molar-refractivity contribution in [3.05, 3.63) is 139 Å². The van der Waals surface area contributed by atoms with Crippen molar-refractivity contribution in [1.82, 2.24) is 9.97 Å². The van der Waals surface area contributed by atoms with Crippen LogP contribution in [-0.2, 0) is 35.9 Å². The number of fused-ring (bicyclic) bond motifs is 2. The summed E-state index contributed by atoms with van der Waals surface area (Å²) in [7, 11) is 2.38. The van der Waals surface area contributed by atoms with Crippen molar-refractivity contribution >= 4 is 57.3 Å². The zero-order valence-electron chi connectivity index (χ0n) is 40.5. The number of H-pyrrole nitrogens is 2. The van der Waals surface area contributed by atoms with E-state index in [0.717, 1.165) is 5.56 Å². The number of nitrogens with one attached hydrogen (secondary N) is 4. The quantitative estimate of drug-likeness (QED) is 0.0557. The molecule has 2 aromatic heterocycles. The van der Waals surface area contributed by atoms with Crippen LogP contribution >= 0.6 is 0 Å². The number of para-hydroxylation sites is 2. The average Bonchev–Trinajstić information content (AvgIpc) is 3.27. The van der Waals surface area contributed by atoms with Crippen molar-refractivity contribution < 1.29 is 48.3 Å². The van der Waals surface area contributed by atoms with E-state index in [1.807, 2.05) is 67.5 Å². The minimum atomic E-state index is -0.970.